The highest BCUT2D eigenvalue weighted by molar-refractivity contribution is 5.28. The van der Waals surface area contributed by atoms with E-state index in [-0.39, 0.29) is 24.9 Å². The van der Waals surface area contributed by atoms with E-state index in [1.54, 1.807) is 7.11 Å². The summed E-state index contributed by atoms with van der Waals surface area (Å²) in [5, 5.41) is 3.44. The number of nitrogens with one attached hydrogen (secondary N) is 1. The molecular formula is C16H22F3NO. The Morgan fingerprint density at radius 2 is 1.67 bits per heavy atom. The Balaban J connectivity index is 1.85. The summed E-state index contributed by atoms with van der Waals surface area (Å²) in [6, 6.07) is 8.06. The lowest BCUT2D eigenvalue weighted by atomic mass is 9.85. The molecular weight excluding hydrogens is 279 g/mol. The lowest BCUT2D eigenvalue weighted by Gasteiger charge is -2.32. The molecule has 1 aliphatic carbocycles. The standard InChI is InChI=1S/C16H22F3NO/c1-11(12-3-9-15(21-2)10-4-12)20-14-7-5-13(6-8-14)16(17,18)19/h3-4,9-11,13-14,20H,5-8H2,1-2H3/t11-,13?,14?/m1/s1. The van der Waals surface area contributed by atoms with Crippen molar-refractivity contribution < 1.29 is 17.9 Å². The van der Waals surface area contributed by atoms with Crippen molar-refractivity contribution in [1.29, 1.82) is 0 Å². The Kier molecular flexibility index (Phi) is 5.14. The van der Waals surface area contributed by atoms with E-state index in [4.69, 9.17) is 4.74 Å². The predicted octanol–water partition coefficient (Wildman–Crippen LogP) is 4.47. The SMILES string of the molecule is COc1ccc([C@@H](C)NC2CCC(C(F)(F)F)CC2)cc1. The van der Waals surface area contributed by atoms with Gasteiger partial charge in [-0.2, -0.15) is 13.2 Å². The van der Waals surface area contributed by atoms with Gasteiger partial charge in [-0.05, 0) is 50.3 Å². The number of alkyl halides is 3. The highest BCUT2D eigenvalue weighted by atomic mass is 19.4. The third-order valence-electron chi connectivity index (χ3n) is 4.29. The quantitative estimate of drug-likeness (QED) is 0.886. The van der Waals surface area contributed by atoms with Gasteiger partial charge in [-0.25, -0.2) is 0 Å². The summed E-state index contributed by atoms with van der Waals surface area (Å²) in [7, 11) is 1.62. The van der Waals surface area contributed by atoms with Gasteiger partial charge >= 0.3 is 6.18 Å². The van der Waals surface area contributed by atoms with E-state index in [2.05, 4.69) is 5.32 Å². The summed E-state index contributed by atoms with van der Waals surface area (Å²) in [4.78, 5) is 0. The minimum atomic E-state index is -4.04. The van der Waals surface area contributed by atoms with E-state index in [9.17, 15) is 13.2 Å². The maximum absolute atomic E-state index is 12.6. The van der Waals surface area contributed by atoms with Gasteiger partial charge in [0, 0.05) is 12.1 Å². The highest BCUT2D eigenvalue weighted by Gasteiger charge is 2.41. The Labute approximate surface area is 123 Å². The molecule has 1 aromatic rings. The Morgan fingerprint density at radius 3 is 2.14 bits per heavy atom. The van der Waals surface area contributed by atoms with E-state index >= 15 is 0 Å². The fourth-order valence-electron chi connectivity index (χ4n) is 2.93. The molecule has 2 rings (SSSR count). The van der Waals surface area contributed by atoms with Crippen LogP contribution in [0.1, 0.15) is 44.2 Å². The van der Waals surface area contributed by atoms with Gasteiger partial charge in [0.1, 0.15) is 5.75 Å². The summed E-state index contributed by atoms with van der Waals surface area (Å²) in [5.74, 6) is -0.316. The van der Waals surface area contributed by atoms with Crippen LogP contribution >= 0.6 is 0 Å². The van der Waals surface area contributed by atoms with Crippen molar-refractivity contribution in [2.75, 3.05) is 7.11 Å². The first-order chi connectivity index (χ1) is 9.90. The minimum Gasteiger partial charge on any atom is -0.497 e. The van der Waals surface area contributed by atoms with Crippen LogP contribution in [0.3, 0.4) is 0 Å². The molecule has 118 valence electrons. The van der Waals surface area contributed by atoms with Crippen molar-refractivity contribution >= 4 is 0 Å². The van der Waals surface area contributed by atoms with Gasteiger partial charge < -0.3 is 10.1 Å². The molecule has 21 heavy (non-hydrogen) atoms. The van der Waals surface area contributed by atoms with Gasteiger partial charge in [0.05, 0.1) is 13.0 Å². The first-order valence-electron chi connectivity index (χ1n) is 7.37. The van der Waals surface area contributed by atoms with E-state index in [0.717, 1.165) is 11.3 Å². The molecule has 1 aromatic carbocycles. The van der Waals surface area contributed by atoms with Gasteiger partial charge in [0.2, 0.25) is 0 Å². The van der Waals surface area contributed by atoms with E-state index in [0.29, 0.717) is 12.8 Å². The number of benzene rings is 1. The Bertz CT molecular complexity index is 436. The number of hydrogen-bond donors (Lipinski definition) is 1. The molecule has 1 saturated carbocycles. The fraction of sp³-hybridized carbons (Fsp3) is 0.625. The van der Waals surface area contributed by atoms with Crippen LogP contribution in [0.4, 0.5) is 13.2 Å². The average Bonchev–Trinajstić information content (AvgIpc) is 2.47. The smallest absolute Gasteiger partial charge is 0.391 e. The zero-order chi connectivity index (χ0) is 15.5. The van der Waals surface area contributed by atoms with Crippen LogP contribution in [0.2, 0.25) is 0 Å². The maximum Gasteiger partial charge on any atom is 0.391 e. The average molecular weight is 301 g/mol. The van der Waals surface area contributed by atoms with Crippen molar-refractivity contribution in [3.05, 3.63) is 29.8 Å². The first-order valence-corrected chi connectivity index (χ1v) is 7.37. The number of ether oxygens (including phenoxy) is 1. The molecule has 1 fully saturated rings. The molecule has 1 N–H and O–H groups in total. The first kappa shape index (κ1) is 16.1. The molecule has 0 saturated heterocycles. The zero-order valence-corrected chi connectivity index (χ0v) is 12.4. The van der Waals surface area contributed by atoms with Crippen LogP contribution in [0.25, 0.3) is 0 Å². The summed E-state index contributed by atoms with van der Waals surface area (Å²) in [6.07, 6.45) is -2.39. The topological polar surface area (TPSA) is 21.3 Å². The number of rotatable bonds is 4. The molecule has 0 unspecified atom stereocenters. The monoisotopic (exact) mass is 301 g/mol. The molecule has 0 bridgehead atoms. The molecule has 0 aliphatic heterocycles. The molecule has 0 amide bonds. The highest BCUT2D eigenvalue weighted by Crippen LogP contribution is 2.37. The van der Waals surface area contributed by atoms with Gasteiger partial charge in [0.15, 0.2) is 0 Å². The van der Waals surface area contributed by atoms with E-state index < -0.39 is 12.1 Å². The third-order valence-corrected chi connectivity index (χ3v) is 4.29. The minimum absolute atomic E-state index is 0.128. The van der Waals surface area contributed by atoms with Crippen molar-refractivity contribution in [2.24, 2.45) is 5.92 Å². The number of hydrogen-bond acceptors (Lipinski definition) is 2. The second kappa shape index (κ2) is 6.69. The number of methoxy groups -OCH3 is 1. The van der Waals surface area contributed by atoms with Crippen LogP contribution in [-0.2, 0) is 0 Å². The normalized spacial score (nSPS) is 24.6. The van der Waals surface area contributed by atoms with Crippen LogP contribution in [0, 0.1) is 5.92 Å². The third kappa shape index (κ3) is 4.37. The largest absolute Gasteiger partial charge is 0.497 e. The summed E-state index contributed by atoms with van der Waals surface area (Å²) in [6.45, 7) is 2.04. The maximum atomic E-state index is 12.6. The van der Waals surface area contributed by atoms with Crippen LogP contribution in [-0.4, -0.2) is 19.3 Å². The van der Waals surface area contributed by atoms with Crippen LogP contribution in [0.5, 0.6) is 5.75 Å². The van der Waals surface area contributed by atoms with Gasteiger partial charge in [-0.15, -0.1) is 0 Å². The van der Waals surface area contributed by atoms with Gasteiger partial charge in [-0.3, -0.25) is 0 Å². The molecule has 0 radical (unpaired) electrons. The summed E-state index contributed by atoms with van der Waals surface area (Å²) >= 11 is 0. The van der Waals surface area contributed by atoms with Crippen molar-refractivity contribution in [2.45, 2.75) is 50.9 Å². The molecule has 0 heterocycles. The fourth-order valence-corrected chi connectivity index (χ4v) is 2.93. The molecule has 1 aliphatic rings. The molecule has 0 aromatic heterocycles. The van der Waals surface area contributed by atoms with Crippen molar-refractivity contribution in [3.63, 3.8) is 0 Å². The Morgan fingerprint density at radius 1 is 1.10 bits per heavy atom. The van der Waals surface area contributed by atoms with E-state index in [1.807, 2.05) is 31.2 Å². The second-order valence-electron chi connectivity index (χ2n) is 5.75. The predicted molar refractivity (Wildman–Crippen MR) is 76.3 cm³/mol. The van der Waals surface area contributed by atoms with Gasteiger partial charge in [0.25, 0.3) is 0 Å². The lowest BCUT2D eigenvalue weighted by Crippen LogP contribution is -2.38. The van der Waals surface area contributed by atoms with Crippen molar-refractivity contribution in [3.8, 4) is 5.75 Å². The molecule has 0 spiro atoms. The second-order valence-corrected chi connectivity index (χ2v) is 5.75. The lowest BCUT2D eigenvalue weighted by molar-refractivity contribution is -0.182. The molecule has 2 nitrogen and oxygen atoms in total. The van der Waals surface area contributed by atoms with Gasteiger partial charge in [-0.1, -0.05) is 12.1 Å². The zero-order valence-electron chi connectivity index (χ0n) is 12.4. The van der Waals surface area contributed by atoms with Crippen molar-refractivity contribution in [1.82, 2.24) is 5.32 Å². The Hall–Kier alpha value is -1.23. The van der Waals surface area contributed by atoms with Crippen LogP contribution < -0.4 is 10.1 Å². The van der Waals surface area contributed by atoms with Crippen LogP contribution in [0.15, 0.2) is 24.3 Å². The molecule has 1 atom stereocenters. The number of halogens is 3. The molecule has 5 heteroatoms. The van der Waals surface area contributed by atoms with E-state index in [1.165, 1.54) is 0 Å². The summed E-state index contributed by atoms with van der Waals surface area (Å²) in [5.41, 5.74) is 1.12. The summed E-state index contributed by atoms with van der Waals surface area (Å²) < 4.78 is 43.0.